The Morgan fingerprint density at radius 3 is 2.05 bits per heavy atom. The van der Waals surface area contributed by atoms with Crippen LogP contribution in [0.1, 0.15) is 21.5 Å². The second kappa shape index (κ2) is 11.1. The summed E-state index contributed by atoms with van der Waals surface area (Å²) >= 11 is 0. The van der Waals surface area contributed by atoms with E-state index in [2.05, 4.69) is 5.32 Å². The van der Waals surface area contributed by atoms with Crippen molar-refractivity contribution in [3.63, 3.8) is 0 Å². The molecule has 2 fully saturated rings. The molecule has 1 atom stereocenters. The van der Waals surface area contributed by atoms with Crippen molar-refractivity contribution in [1.82, 2.24) is 14.7 Å². The van der Waals surface area contributed by atoms with Gasteiger partial charge in [0.05, 0.1) is 30.9 Å². The third kappa shape index (κ3) is 6.61. The molecule has 2 saturated heterocycles. The van der Waals surface area contributed by atoms with Gasteiger partial charge < -0.3 is 24.8 Å². The zero-order valence-corrected chi connectivity index (χ0v) is 20.4. The number of amides is 4. The molecule has 2 heterocycles. The van der Waals surface area contributed by atoms with Gasteiger partial charge in [0.25, 0.3) is 5.91 Å². The van der Waals surface area contributed by atoms with Gasteiger partial charge in [-0.3, -0.25) is 9.59 Å². The van der Waals surface area contributed by atoms with E-state index in [1.807, 2.05) is 0 Å². The number of carbonyl (C=O) groups is 3. The molecule has 0 spiro atoms. The van der Waals surface area contributed by atoms with Gasteiger partial charge in [0.1, 0.15) is 6.04 Å². The maximum Gasteiger partial charge on any atom is 0.416 e. The Labute approximate surface area is 219 Å². The molecule has 2 aromatic rings. The number of morpholine rings is 1. The number of alkyl halides is 6. The standard InChI is InChI=1S/C25H24F6N4O4/c26-24(27,28)17-4-6-19(7-5-17)32-23(38)34-8-9-35(20(15-34)22(37)33-10-12-39-13-11-33)21(36)16-2-1-3-18(14-16)25(29,30)31/h1-7,14,20H,8-13,15H2,(H,32,38). The molecule has 8 nitrogen and oxygen atoms in total. The van der Waals surface area contributed by atoms with Crippen molar-refractivity contribution in [3.05, 3.63) is 65.2 Å². The number of anilines is 1. The van der Waals surface area contributed by atoms with E-state index in [4.69, 9.17) is 4.74 Å². The Morgan fingerprint density at radius 2 is 1.44 bits per heavy atom. The van der Waals surface area contributed by atoms with Crippen LogP contribution in [-0.2, 0) is 21.9 Å². The summed E-state index contributed by atoms with van der Waals surface area (Å²) in [6, 6.07) is 5.75. The topological polar surface area (TPSA) is 82.2 Å². The highest BCUT2D eigenvalue weighted by Crippen LogP contribution is 2.31. The van der Waals surface area contributed by atoms with E-state index in [0.717, 1.165) is 41.3 Å². The first-order valence-corrected chi connectivity index (χ1v) is 11.9. The number of piperazine rings is 1. The predicted molar refractivity (Wildman–Crippen MR) is 126 cm³/mol. The number of nitrogens with zero attached hydrogens (tertiary/aromatic N) is 3. The summed E-state index contributed by atoms with van der Waals surface area (Å²) in [4.78, 5) is 43.5. The van der Waals surface area contributed by atoms with Gasteiger partial charge in [-0.15, -0.1) is 0 Å². The van der Waals surface area contributed by atoms with E-state index in [0.29, 0.717) is 6.07 Å². The predicted octanol–water partition coefficient (Wildman–Crippen LogP) is 3.94. The molecule has 2 aliphatic rings. The lowest BCUT2D eigenvalue weighted by Crippen LogP contribution is -2.63. The van der Waals surface area contributed by atoms with Crippen LogP contribution in [-0.4, -0.2) is 84.5 Å². The summed E-state index contributed by atoms with van der Waals surface area (Å²) in [6.07, 6.45) is -9.22. The van der Waals surface area contributed by atoms with Crippen molar-refractivity contribution >= 4 is 23.5 Å². The molecule has 2 aliphatic heterocycles. The minimum Gasteiger partial charge on any atom is -0.378 e. The monoisotopic (exact) mass is 558 g/mol. The highest BCUT2D eigenvalue weighted by molar-refractivity contribution is 5.98. The minimum atomic E-state index is -4.67. The molecular weight excluding hydrogens is 534 g/mol. The second-order valence-electron chi connectivity index (χ2n) is 8.98. The van der Waals surface area contributed by atoms with Crippen LogP contribution in [0.15, 0.2) is 48.5 Å². The number of ether oxygens (including phenoxy) is 1. The molecule has 0 radical (unpaired) electrons. The van der Waals surface area contributed by atoms with Crippen molar-refractivity contribution in [2.24, 2.45) is 0 Å². The smallest absolute Gasteiger partial charge is 0.378 e. The number of rotatable bonds is 3. The molecule has 39 heavy (non-hydrogen) atoms. The quantitative estimate of drug-likeness (QED) is 0.579. The van der Waals surface area contributed by atoms with Crippen molar-refractivity contribution in [1.29, 1.82) is 0 Å². The molecule has 4 amide bonds. The molecule has 0 bridgehead atoms. The maximum absolute atomic E-state index is 13.4. The van der Waals surface area contributed by atoms with Crippen molar-refractivity contribution < 1.29 is 45.5 Å². The lowest BCUT2D eigenvalue weighted by atomic mass is 10.1. The van der Waals surface area contributed by atoms with Gasteiger partial charge in [-0.2, -0.15) is 26.3 Å². The Morgan fingerprint density at radius 1 is 0.795 bits per heavy atom. The molecule has 0 aromatic heterocycles. The van der Waals surface area contributed by atoms with Crippen molar-refractivity contribution in [3.8, 4) is 0 Å². The van der Waals surface area contributed by atoms with Gasteiger partial charge >= 0.3 is 18.4 Å². The van der Waals surface area contributed by atoms with Crippen molar-refractivity contribution in [2.45, 2.75) is 18.4 Å². The average Bonchev–Trinajstić information content (AvgIpc) is 2.92. The Kier molecular flexibility index (Phi) is 8.04. The number of halogens is 6. The molecule has 2 aromatic carbocycles. The normalized spacial score (nSPS) is 18.6. The number of carbonyl (C=O) groups excluding carboxylic acids is 3. The van der Waals surface area contributed by atoms with Gasteiger partial charge in [-0.25, -0.2) is 4.79 Å². The largest absolute Gasteiger partial charge is 0.416 e. The van der Waals surface area contributed by atoms with Gasteiger partial charge in [0.2, 0.25) is 5.91 Å². The number of hydrogen-bond donors (Lipinski definition) is 1. The highest BCUT2D eigenvalue weighted by atomic mass is 19.4. The first kappa shape index (κ1) is 28.2. The van der Waals surface area contributed by atoms with Gasteiger partial charge in [0, 0.05) is 37.4 Å². The van der Waals surface area contributed by atoms with E-state index in [1.165, 1.54) is 15.9 Å². The molecule has 210 valence electrons. The third-order valence-electron chi connectivity index (χ3n) is 6.44. The zero-order chi connectivity index (χ0) is 28.4. The Hall–Kier alpha value is -3.81. The number of hydrogen-bond acceptors (Lipinski definition) is 4. The number of benzene rings is 2. The van der Waals surface area contributed by atoms with Crippen LogP contribution in [0.5, 0.6) is 0 Å². The number of urea groups is 1. The molecule has 1 unspecified atom stereocenters. The summed E-state index contributed by atoms with van der Waals surface area (Å²) in [5.74, 6) is -1.29. The van der Waals surface area contributed by atoms with Crippen LogP contribution >= 0.6 is 0 Å². The molecule has 4 rings (SSSR count). The first-order chi connectivity index (χ1) is 18.3. The Balaban J connectivity index is 1.54. The van der Waals surface area contributed by atoms with Crippen LogP contribution < -0.4 is 5.32 Å². The minimum absolute atomic E-state index is 0.0654. The van der Waals surface area contributed by atoms with Crippen molar-refractivity contribution in [2.75, 3.05) is 51.3 Å². The lowest BCUT2D eigenvalue weighted by Gasteiger charge is -2.42. The maximum atomic E-state index is 13.4. The summed E-state index contributed by atoms with van der Waals surface area (Å²) < 4.78 is 83.4. The highest BCUT2D eigenvalue weighted by Gasteiger charge is 2.40. The van der Waals surface area contributed by atoms with Gasteiger partial charge in [-0.1, -0.05) is 6.07 Å². The molecule has 0 saturated carbocycles. The second-order valence-corrected chi connectivity index (χ2v) is 8.98. The fourth-order valence-corrected chi connectivity index (χ4v) is 4.36. The SMILES string of the molecule is O=C(Nc1ccc(C(F)(F)F)cc1)N1CCN(C(=O)c2cccc(C(F)(F)F)c2)C(C(=O)N2CCOCC2)C1. The first-order valence-electron chi connectivity index (χ1n) is 11.9. The Bertz CT molecular complexity index is 1210. The molecule has 1 N–H and O–H groups in total. The summed E-state index contributed by atoms with van der Waals surface area (Å²) in [5, 5.41) is 2.48. The van der Waals surface area contributed by atoms with E-state index < -0.39 is 47.4 Å². The van der Waals surface area contributed by atoms with Gasteiger partial charge in [0.15, 0.2) is 0 Å². The van der Waals surface area contributed by atoms with Crippen LogP contribution in [0.4, 0.5) is 36.8 Å². The fourth-order valence-electron chi connectivity index (χ4n) is 4.36. The summed E-state index contributed by atoms with van der Waals surface area (Å²) in [7, 11) is 0. The van der Waals surface area contributed by atoms with E-state index in [-0.39, 0.29) is 57.2 Å². The van der Waals surface area contributed by atoms with Crippen LogP contribution in [0, 0.1) is 0 Å². The summed E-state index contributed by atoms with van der Waals surface area (Å²) in [6.45, 7) is 0.501. The fraction of sp³-hybridized carbons (Fsp3) is 0.400. The van der Waals surface area contributed by atoms with Crippen LogP contribution in [0.2, 0.25) is 0 Å². The average molecular weight is 558 g/mol. The summed E-state index contributed by atoms with van der Waals surface area (Å²) in [5.41, 5.74) is -2.07. The third-order valence-corrected chi connectivity index (χ3v) is 6.44. The zero-order valence-electron chi connectivity index (χ0n) is 20.4. The molecule has 14 heteroatoms. The molecule has 0 aliphatic carbocycles. The van der Waals surface area contributed by atoms with E-state index in [1.54, 1.807) is 0 Å². The lowest BCUT2D eigenvalue weighted by molar-refractivity contribution is -0.142. The van der Waals surface area contributed by atoms with E-state index >= 15 is 0 Å². The van der Waals surface area contributed by atoms with E-state index in [9.17, 15) is 40.7 Å². The van der Waals surface area contributed by atoms with Crippen LogP contribution in [0.3, 0.4) is 0 Å². The van der Waals surface area contributed by atoms with Crippen LogP contribution in [0.25, 0.3) is 0 Å². The number of nitrogens with one attached hydrogen (secondary N) is 1. The molecular formula is C25H24F6N4O4. The van der Waals surface area contributed by atoms with Gasteiger partial charge in [-0.05, 0) is 42.5 Å².